The van der Waals surface area contributed by atoms with Gasteiger partial charge in [0.15, 0.2) is 0 Å². The van der Waals surface area contributed by atoms with Gasteiger partial charge in [-0.15, -0.1) is 0 Å². The summed E-state index contributed by atoms with van der Waals surface area (Å²) >= 11 is 0. The summed E-state index contributed by atoms with van der Waals surface area (Å²) in [5, 5.41) is 5.84. The van der Waals surface area contributed by atoms with E-state index in [0.717, 1.165) is 51.8 Å². The molecule has 0 radical (unpaired) electrons. The van der Waals surface area contributed by atoms with Gasteiger partial charge in [-0.1, -0.05) is 24.3 Å². The topological polar surface area (TPSA) is 120 Å². The van der Waals surface area contributed by atoms with Gasteiger partial charge in [-0.25, -0.2) is 14.4 Å². The van der Waals surface area contributed by atoms with Gasteiger partial charge in [0, 0.05) is 65.2 Å². The summed E-state index contributed by atoms with van der Waals surface area (Å²) < 4.78 is 13.8. The SMILES string of the molecule is Cc1c(Nc2ncnc3cc(F)ccc23)cccc1-c1ccc(C(N)=O)c2[nH]c3cc(C(=O)N4CCN(C)CC4)ccc3c12. The number of anilines is 2. The number of halogens is 1. The Morgan fingerprint density at radius 3 is 2.52 bits per heavy atom. The van der Waals surface area contributed by atoms with Crippen LogP contribution in [0.4, 0.5) is 15.9 Å². The number of nitrogens with one attached hydrogen (secondary N) is 2. The number of hydrogen-bond acceptors (Lipinski definition) is 6. The number of nitrogens with two attached hydrogens (primary N) is 1. The van der Waals surface area contributed by atoms with E-state index in [4.69, 9.17) is 5.73 Å². The van der Waals surface area contributed by atoms with Gasteiger partial charge < -0.3 is 25.8 Å². The van der Waals surface area contributed by atoms with Gasteiger partial charge in [-0.05, 0) is 67.1 Å². The maximum absolute atomic E-state index is 13.8. The number of amides is 2. The largest absolute Gasteiger partial charge is 0.366 e. The first-order chi connectivity index (χ1) is 21.3. The number of fused-ring (bicyclic) bond motifs is 4. The second kappa shape index (κ2) is 10.7. The minimum atomic E-state index is -0.541. The average Bonchev–Trinajstić information content (AvgIpc) is 3.40. The number of hydrogen-bond donors (Lipinski definition) is 3. The lowest BCUT2D eigenvalue weighted by Gasteiger charge is -2.32. The first-order valence-corrected chi connectivity index (χ1v) is 14.4. The molecule has 2 amide bonds. The van der Waals surface area contributed by atoms with Gasteiger partial charge >= 0.3 is 0 Å². The fourth-order valence-electron chi connectivity index (χ4n) is 6.09. The summed E-state index contributed by atoms with van der Waals surface area (Å²) in [4.78, 5) is 41.9. The fraction of sp³-hybridized carbons (Fsp3) is 0.176. The lowest BCUT2D eigenvalue weighted by atomic mass is 9.93. The molecule has 0 spiro atoms. The fourth-order valence-corrected chi connectivity index (χ4v) is 6.09. The van der Waals surface area contributed by atoms with Crippen molar-refractivity contribution in [2.75, 3.05) is 38.5 Å². The van der Waals surface area contributed by atoms with Crippen LogP contribution in [0, 0.1) is 12.7 Å². The van der Waals surface area contributed by atoms with Crippen LogP contribution in [0.5, 0.6) is 0 Å². The Hall–Kier alpha value is -5.35. The third-order valence-corrected chi connectivity index (χ3v) is 8.53. The zero-order chi connectivity index (χ0) is 30.5. The molecule has 9 nitrogen and oxygen atoms in total. The van der Waals surface area contributed by atoms with Gasteiger partial charge in [0.1, 0.15) is 18.0 Å². The molecule has 44 heavy (non-hydrogen) atoms. The Kier molecular flexibility index (Phi) is 6.70. The second-order valence-corrected chi connectivity index (χ2v) is 11.2. The van der Waals surface area contributed by atoms with Crippen molar-refractivity contribution in [2.24, 2.45) is 5.73 Å². The molecule has 10 heteroatoms. The molecule has 0 unspecified atom stereocenters. The van der Waals surface area contributed by atoms with Crippen LogP contribution in [0.1, 0.15) is 26.3 Å². The second-order valence-electron chi connectivity index (χ2n) is 11.2. The van der Waals surface area contributed by atoms with Gasteiger partial charge in [0.25, 0.3) is 11.8 Å². The molecular weight excluding hydrogens is 557 g/mol. The number of aromatic nitrogens is 3. The maximum Gasteiger partial charge on any atom is 0.254 e. The number of rotatable bonds is 5. The van der Waals surface area contributed by atoms with E-state index in [-0.39, 0.29) is 11.7 Å². The van der Waals surface area contributed by atoms with Crippen LogP contribution in [-0.2, 0) is 0 Å². The van der Waals surface area contributed by atoms with E-state index in [1.165, 1.54) is 18.5 Å². The third kappa shape index (κ3) is 4.69. The highest BCUT2D eigenvalue weighted by atomic mass is 19.1. The van der Waals surface area contributed by atoms with E-state index in [1.807, 2.05) is 54.3 Å². The summed E-state index contributed by atoms with van der Waals surface area (Å²) in [7, 11) is 2.06. The number of likely N-dealkylation sites (N-methyl/N-ethyl adjacent to an activating group) is 1. The Morgan fingerprint density at radius 2 is 1.73 bits per heavy atom. The first kappa shape index (κ1) is 27.5. The standard InChI is InChI=1S/C34H30FN7O2/c1-19-22(4-3-5-27(19)40-33-25-9-7-21(35)17-28(25)37-18-38-33)23-10-11-26(32(36)43)31-30(23)24-8-6-20(16-29(24)39-31)34(44)42-14-12-41(2)13-15-42/h3-11,16-18,39H,12-15H2,1-2H3,(H2,36,43)(H,37,38,40). The van der Waals surface area contributed by atoms with Gasteiger partial charge in [0.2, 0.25) is 0 Å². The quantitative estimate of drug-likeness (QED) is 0.241. The molecular formula is C34H30FN7O2. The number of benzene rings is 4. The molecule has 1 fully saturated rings. The zero-order valence-corrected chi connectivity index (χ0v) is 24.3. The van der Waals surface area contributed by atoms with Crippen molar-refractivity contribution < 1.29 is 14.0 Å². The molecule has 0 saturated carbocycles. The number of piperazine rings is 1. The van der Waals surface area contributed by atoms with Crippen molar-refractivity contribution >= 4 is 56.0 Å². The molecule has 3 heterocycles. The summed E-state index contributed by atoms with van der Waals surface area (Å²) in [5.74, 6) is -0.350. The van der Waals surface area contributed by atoms with Crippen LogP contribution < -0.4 is 11.1 Å². The highest BCUT2D eigenvalue weighted by molar-refractivity contribution is 6.20. The highest BCUT2D eigenvalue weighted by Crippen LogP contribution is 2.40. The minimum Gasteiger partial charge on any atom is -0.366 e. The first-order valence-electron chi connectivity index (χ1n) is 14.4. The van der Waals surface area contributed by atoms with E-state index in [0.29, 0.717) is 46.5 Å². The molecule has 220 valence electrons. The molecule has 0 bridgehead atoms. The lowest BCUT2D eigenvalue weighted by molar-refractivity contribution is 0.0664. The maximum atomic E-state index is 13.8. The minimum absolute atomic E-state index is 0.0105. The van der Waals surface area contributed by atoms with Crippen LogP contribution in [0.25, 0.3) is 43.8 Å². The number of aromatic amines is 1. The van der Waals surface area contributed by atoms with Crippen molar-refractivity contribution in [3.05, 3.63) is 95.6 Å². The lowest BCUT2D eigenvalue weighted by Crippen LogP contribution is -2.47. The summed E-state index contributed by atoms with van der Waals surface area (Å²) in [6.07, 6.45) is 1.41. The average molecular weight is 588 g/mol. The predicted octanol–water partition coefficient (Wildman–Crippen LogP) is 5.61. The summed E-state index contributed by atoms with van der Waals surface area (Å²) in [6, 6.07) is 19.6. The highest BCUT2D eigenvalue weighted by Gasteiger charge is 2.23. The van der Waals surface area contributed by atoms with Crippen molar-refractivity contribution in [3.8, 4) is 11.1 Å². The van der Waals surface area contributed by atoms with Crippen LogP contribution in [-0.4, -0.2) is 69.8 Å². The third-order valence-electron chi connectivity index (χ3n) is 8.53. The molecule has 4 aromatic carbocycles. The number of H-pyrrole nitrogens is 1. The van der Waals surface area contributed by atoms with Gasteiger partial charge in [-0.3, -0.25) is 9.59 Å². The number of nitrogens with zero attached hydrogens (tertiary/aromatic N) is 4. The molecule has 0 atom stereocenters. The molecule has 2 aromatic heterocycles. The Bertz CT molecular complexity index is 2110. The zero-order valence-electron chi connectivity index (χ0n) is 24.3. The number of carbonyl (C=O) groups excluding carboxylic acids is 2. The molecule has 0 aliphatic carbocycles. The molecule has 7 rings (SSSR count). The van der Waals surface area contributed by atoms with E-state index in [9.17, 15) is 14.0 Å². The smallest absolute Gasteiger partial charge is 0.254 e. The van der Waals surface area contributed by atoms with Crippen LogP contribution in [0.3, 0.4) is 0 Å². The van der Waals surface area contributed by atoms with E-state index < -0.39 is 5.91 Å². The summed E-state index contributed by atoms with van der Waals surface area (Å²) in [5.41, 5.74) is 12.3. The van der Waals surface area contributed by atoms with E-state index >= 15 is 0 Å². The summed E-state index contributed by atoms with van der Waals surface area (Å²) in [6.45, 7) is 5.05. The van der Waals surface area contributed by atoms with Crippen LogP contribution in [0.15, 0.2) is 73.1 Å². The molecule has 1 aliphatic heterocycles. The monoisotopic (exact) mass is 587 g/mol. The van der Waals surface area contributed by atoms with Crippen molar-refractivity contribution in [2.45, 2.75) is 6.92 Å². The molecule has 6 aromatic rings. The Morgan fingerprint density at radius 1 is 0.932 bits per heavy atom. The number of carbonyl (C=O) groups is 2. The molecule has 4 N–H and O–H groups in total. The van der Waals surface area contributed by atoms with Crippen LogP contribution >= 0.6 is 0 Å². The normalized spacial score (nSPS) is 14.0. The van der Waals surface area contributed by atoms with Crippen molar-refractivity contribution in [3.63, 3.8) is 0 Å². The molecule has 1 aliphatic rings. The van der Waals surface area contributed by atoms with Crippen LogP contribution in [0.2, 0.25) is 0 Å². The number of primary amides is 1. The van der Waals surface area contributed by atoms with E-state index in [1.54, 1.807) is 12.1 Å². The Balaban J connectivity index is 1.33. The Labute approximate surface area is 252 Å². The van der Waals surface area contributed by atoms with Gasteiger partial charge in [0.05, 0.1) is 16.6 Å². The van der Waals surface area contributed by atoms with Crippen molar-refractivity contribution in [1.82, 2.24) is 24.8 Å². The van der Waals surface area contributed by atoms with Crippen molar-refractivity contribution in [1.29, 1.82) is 0 Å². The van der Waals surface area contributed by atoms with Gasteiger partial charge in [-0.2, -0.15) is 0 Å². The van der Waals surface area contributed by atoms with E-state index in [2.05, 4.69) is 32.2 Å². The molecule has 1 saturated heterocycles. The predicted molar refractivity (Wildman–Crippen MR) is 171 cm³/mol.